The van der Waals surface area contributed by atoms with Crippen molar-refractivity contribution in [2.24, 2.45) is 0 Å². The Morgan fingerprint density at radius 3 is 2.00 bits per heavy atom. The van der Waals surface area contributed by atoms with Gasteiger partial charge in [0.25, 0.3) is 23.6 Å². The quantitative estimate of drug-likeness (QED) is 0.406. The molecule has 8 atom stereocenters. The van der Waals surface area contributed by atoms with E-state index in [0.717, 1.165) is 28.2 Å². The molecule has 2 spiro atoms. The fraction of sp³-hybridized carbons (Fsp3) is 0.467. The number of aliphatic hydroxyl groups excluding tert-OH is 2. The lowest BCUT2D eigenvalue weighted by Crippen LogP contribution is -2.77. The van der Waals surface area contributed by atoms with Crippen LogP contribution >= 0.6 is 43.2 Å². The van der Waals surface area contributed by atoms with Gasteiger partial charge in [-0.1, -0.05) is 45.9 Å². The second-order valence-electron chi connectivity index (χ2n) is 13.2. The number of nitrogens with one attached hydrogen (secondary N) is 1. The van der Waals surface area contributed by atoms with Gasteiger partial charge in [0, 0.05) is 61.4 Å². The molecular formula is C30H28N6O6S4. The smallest absolute Gasteiger partial charge is 0.265 e. The molecule has 0 radical (unpaired) electrons. The van der Waals surface area contributed by atoms with Crippen LogP contribution < -0.4 is 10.2 Å². The number of amides is 4. The van der Waals surface area contributed by atoms with E-state index in [-0.39, 0.29) is 35.5 Å². The van der Waals surface area contributed by atoms with Crippen LogP contribution in [0.15, 0.2) is 42.5 Å². The van der Waals surface area contributed by atoms with Crippen LogP contribution in [0.25, 0.3) is 0 Å². The molecule has 0 aliphatic carbocycles. The van der Waals surface area contributed by atoms with Gasteiger partial charge < -0.3 is 30.2 Å². The summed E-state index contributed by atoms with van der Waals surface area (Å²) in [6.45, 7) is -0.969. The molecule has 12 rings (SSSR count). The maximum Gasteiger partial charge on any atom is 0.265 e. The van der Waals surface area contributed by atoms with Crippen molar-refractivity contribution in [3.63, 3.8) is 0 Å². The summed E-state index contributed by atoms with van der Waals surface area (Å²) in [6, 6.07) is 14.0. The average Bonchev–Trinajstić information content (AvgIpc) is 3.78. The number of likely N-dealkylation sites (N-methyl/N-ethyl adjacent to an activating group) is 2. The van der Waals surface area contributed by atoms with Crippen LogP contribution in [0, 0.1) is 0 Å². The molecule has 10 aliphatic rings. The molecule has 4 amide bonds. The van der Waals surface area contributed by atoms with Crippen molar-refractivity contribution in [1.29, 1.82) is 0 Å². The summed E-state index contributed by atoms with van der Waals surface area (Å²) in [7, 11) is 8.48. The Bertz CT molecular complexity index is 1850. The van der Waals surface area contributed by atoms with Gasteiger partial charge in [-0.15, -0.1) is 0 Å². The highest BCUT2D eigenvalue weighted by molar-refractivity contribution is 8.78. The molecule has 16 heteroatoms. The van der Waals surface area contributed by atoms with Crippen molar-refractivity contribution in [1.82, 2.24) is 19.6 Å². The zero-order chi connectivity index (χ0) is 31.7. The Balaban J connectivity index is 1.13. The summed E-state index contributed by atoms with van der Waals surface area (Å²) in [5, 5.41) is 24.5. The van der Waals surface area contributed by atoms with E-state index in [4.69, 9.17) is 0 Å². The van der Waals surface area contributed by atoms with Gasteiger partial charge in [0.15, 0.2) is 9.74 Å². The van der Waals surface area contributed by atoms with Crippen LogP contribution in [0.2, 0.25) is 0 Å². The van der Waals surface area contributed by atoms with Gasteiger partial charge in [-0.25, -0.2) is 0 Å². The number of benzene rings is 2. The first-order chi connectivity index (χ1) is 22.1. The monoisotopic (exact) mass is 696 g/mol. The Hall–Kier alpha value is -2.76. The zero-order valence-electron chi connectivity index (χ0n) is 24.6. The molecule has 3 N–H and O–H groups in total. The van der Waals surface area contributed by atoms with Crippen molar-refractivity contribution in [2.75, 3.05) is 37.5 Å². The van der Waals surface area contributed by atoms with Crippen molar-refractivity contribution in [3.05, 3.63) is 53.6 Å². The fourth-order valence-corrected chi connectivity index (χ4v) is 16.5. The predicted molar refractivity (Wildman–Crippen MR) is 176 cm³/mol. The summed E-state index contributed by atoms with van der Waals surface area (Å²) in [4.78, 5) is 60.0. The van der Waals surface area contributed by atoms with Crippen LogP contribution in [0.4, 0.5) is 17.1 Å². The van der Waals surface area contributed by atoms with Crippen LogP contribution in [0.3, 0.4) is 0 Å². The number of carbonyl (C=O) groups excluding carboxylic acids is 4. The van der Waals surface area contributed by atoms with Gasteiger partial charge in [0.2, 0.25) is 9.74 Å². The first kappa shape index (κ1) is 28.3. The molecule has 238 valence electrons. The Morgan fingerprint density at radius 2 is 1.33 bits per heavy atom. The standard InChI is InChI=1S/C30H28N6O6S4/c1-32-23(39)27-11-16-20-17(31-21(16)35(27)25(41)29(32,12-37)45-43-27)7-5-9-19(20)34-18-8-4-3-6-14(18)15-10-28-24(40)33(2)30(13-38,46-44-28)26(42)36(28)22(15)34/h3-9,15-16,21-22,31,37-38H,10-13H2,1-2H3/t15?,16-,21-,22?,27?,28+,29+,30+/m1/s1. The number of hydrogen-bond acceptors (Lipinski definition) is 12. The van der Waals surface area contributed by atoms with E-state index in [9.17, 15) is 29.4 Å². The molecule has 8 fully saturated rings. The first-order valence-electron chi connectivity index (χ1n) is 15.1. The highest BCUT2D eigenvalue weighted by Crippen LogP contribution is 2.71. The number of piperazine rings is 2. The van der Waals surface area contributed by atoms with Crippen LogP contribution in [-0.4, -0.2) is 113 Å². The third kappa shape index (κ3) is 2.74. The van der Waals surface area contributed by atoms with Gasteiger partial charge in [0.05, 0.1) is 13.2 Å². The summed E-state index contributed by atoms with van der Waals surface area (Å²) in [5.74, 6) is -1.31. The normalized spacial score (nSPS) is 40.7. The fourth-order valence-electron chi connectivity index (χ4n) is 9.22. The molecule has 2 aromatic carbocycles. The molecule has 2 aromatic rings. The van der Waals surface area contributed by atoms with E-state index < -0.39 is 45.0 Å². The minimum atomic E-state index is -1.40. The molecule has 8 saturated heterocycles. The highest BCUT2D eigenvalue weighted by atomic mass is 33.1. The van der Waals surface area contributed by atoms with Gasteiger partial charge in [-0.3, -0.25) is 29.0 Å². The Kier molecular flexibility index (Phi) is 5.30. The van der Waals surface area contributed by atoms with E-state index >= 15 is 0 Å². The average molecular weight is 697 g/mol. The number of rotatable bonds is 3. The summed E-state index contributed by atoms with van der Waals surface area (Å²) in [6.07, 6.45) is -0.163. The largest absolute Gasteiger partial charge is 0.392 e. The third-order valence-electron chi connectivity index (χ3n) is 11.5. The summed E-state index contributed by atoms with van der Waals surface area (Å²) >= 11 is 0. The highest BCUT2D eigenvalue weighted by Gasteiger charge is 2.77. The molecule has 4 bridgehead atoms. The van der Waals surface area contributed by atoms with Gasteiger partial charge in [-0.05, 0) is 45.4 Å². The van der Waals surface area contributed by atoms with Gasteiger partial charge in [0.1, 0.15) is 12.3 Å². The zero-order valence-corrected chi connectivity index (χ0v) is 27.8. The number of hydrogen-bond donors (Lipinski definition) is 3. The van der Waals surface area contributed by atoms with Crippen molar-refractivity contribution >= 4 is 83.9 Å². The number of aliphatic hydroxyl groups is 2. The number of para-hydroxylation sites is 1. The predicted octanol–water partition coefficient (Wildman–Crippen LogP) is 2.05. The van der Waals surface area contributed by atoms with Crippen molar-refractivity contribution in [2.45, 2.75) is 56.5 Å². The lowest BCUT2D eigenvalue weighted by molar-refractivity contribution is -0.166. The number of fused-ring (bicyclic) bond motifs is 10. The summed E-state index contributed by atoms with van der Waals surface area (Å²) < 4.78 is 0. The van der Waals surface area contributed by atoms with Gasteiger partial charge in [-0.2, -0.15) is 0 Å². The lowest BCUT2D eigenvalue weighted by Gasteiger charge is -2.58. The molecule has 12 nitrogen and oxygen atoms in total. The first-order valence-corrected chi connectivity index (χ1v) is 19.4. The molecule has 46 heavy (non-hydrogen) atoms. The molecule has 10 aliphatic heterocycles. The number of nitrogens with zero attached hydrogens (tertiary/aromatic N) is 5. The van der Waals surface area contributed by atoms with E-state index in [1.54, 1.807) is 23.9 Å². The molecule has 10 heterocycles. The lowest BCUT2D eigenvalue weighted by atomic mass is 9.93. The minimum Gasteiger partial charge on any atom is -0.392 e. The van der Waals surface area contributed by atoms with E-state index in [0.29, 0.717) is 12.8 Å². The van der Waals surface area contributed by atoms with Crippen LogP contribution in [-0.2, 0) is 19.2 Å². The van der Waals surface area contributed by atoms with E-state index in [1.807, 2.05) is 36.4 Å². The molecular weight excluding hydrogens is 669 g/mol. The minimum absolute atomic E-state index is 0.156. The maximum absolute atomic E-state index is 14.5. The maximum atomic E-state index is 14.5. The second kappa shape index (κ2) is 8.63. The van der Waals surface area contributed by atoms with E-state index in [1.165, 1.54) is 53.0 Å². The van der Waals surface area contributed by atoms with Crippen molar-refractivity contribution < 1.29 is 29.4 Å². The molecule has 0 aromatic heterocycles. The topological polar surface area (TPSA) is 137 Å². The van der Waals surface area contributed by atoms with Crippen molar-refractivity contribution in [3.8, 4) is 0 Å². The Labute approximate surface area is 279 Å². The SMILES string of the molecule is CN1C(=O)C23C[C@@H]4c5c(cccc5N5c6ccccc6C6C[C@@]78SS[C@@](CO)(C(=O)N7C65)N(C)C8=O)N[C@@H]4N2C(=O)[C@]1(CO)SS3. The van der Waals surface area contributed by atoms with E-state index in [2.05, 4.69) is 16.3 Å². The number of carbonyl (C=O) groups is 4. The Morgan fingerprint density at radius 1 is 0.739 bits per heavy atom. The number of anilines is 3. The third-order valence-corrected chi connectivity index (χ3v) is 18.8. The second-order valence-corrected chi connectivity index (χ2v) is 18.5. The van der Waals surface area contributed by atoms with Gasteiger partial charge >= 0.3 is 0 Å². The molecule has 3 unspecified atom stereocenters. The summed E-state index contributed by atoms with van der Waals surface area (Å²) in [5.41, 5.74) is 4.66. The molecule has 0 saturated carbocycles. The van der Waals surface area contributed by atoms with Crippen LogP contribution in [0.5, 0.6) is 0 Å². The van der Waals surface area contributed by atoms with Crippen LogP contribution in [0.1, 0.15) is 35.8 Å².